The number of aryl methyl sites for hydroxylation is 1. The van der Waals surface area contributed by atoms with Crippen molar-refractivity contribution in [3.05, 3.63) is 89.5 Å². The van der Waals surface area contributed by atoms with E-state index in [1.54, 1.807) is 6.07 Å². The number of carbonyl (C=O) groups is 2. The molecule has 0 radical (unpaired) electrons. The molecule has 0 aliphatic heterocycles. The molecule has 0 atom stereocenters. The van der Waals surface area contributed by atoms with Crippen molar-refractivity contribution in [2.45, 2.75) is 20.3 Å². The molecule has 148 valence electrons. The van der Waals surface area contributed by atoms with E-state index in [1.807, 2.05) is 61.5 Å². The van der Waals surface area contributed by atoms with Crippen LogP contribution in [0.2, 0.25) is 0 Å². The van der Waals surface area contributed by atoms with E-state index in [1.165, 1.54) is 12.5 Å². The molecule has 2 N–H and O–H groups in total. The number of amides is 2. The second-order valence-electron chi connectivity index (χ2n) is 6.84. The topological polar surface area (TPSA) is 67.4 Å². The number of anilines is 2. The fraction of sp³-hybridized carbons (Fsp3) is 0.167. The molecular formula is C24H24N2O3. The summed E-state index contributed by atoms with van der Waals surface area (Å²) in [5, 5.41) is 5.54. The molecule has 3 aromatic rings. The standard InChI is InChI=1S/C24H24N2O3/c1-17-12-13-21(25-18(2)27)22(14-17)26-24(28)16-29-23-11-7-6-10-20(23)15-19-8-4-3-5-9-19/h3-14H,15-16H2,1-2H3,(H,25,27)(H,26,28). The predicted molar refractivity (Wildman–Crippen MR) is 115 cm³/mol. The number of carbonyl (C=O) groups excluding carboxylic acids is 2. The van der Waals surface area contributed by atoms with Crippen LogP contribution in [0.25, 0.3) is 0 Å². The highest BCUT2D eigenvalue weighted by molar-refractivity contribution is 5.99. The molecular weight excluding hydrogens is 364 g/mol. The smallest absolute Gasteiger partial charge is 0.262 e. The first-order valence-electron chi connectivity index (χ1n) is 9.44. The second-order valence-corrected chi connectivity index (χ2v) is 6.84. The summed E-state index contributed by atoms with van der Waals surface area (Å²) in [6, 6.07) is 23.3. The van der Waals surface area contributed by atoms with Gasteiger partial charge in [-0.2, -0.15) is 0 Å². The summed E-state index contributed by atoms with van der Waals surface area (Å²) in [6.45, 7) is 3.22. The van der Waals surface area contributed by atoms with Gasteiger partial charge in [0.25, 0.3) is 5.91 Å². The maximum Gasteiger partial charge on any atom is 0.262 e. The van der Waals surface area contributed by atoms with Gasteiger partial charge in [0.15, 0.2) is 6.61 Å². The third-order valence-corrected chi connectivity index (χ3v) is 4.33. The zero-order chi connectivity index (χ0) is 20.6. The molecule has 2 amide bonds. The van der Waals surface area contributed by atoms with Crippen molar-refractivity contribution in [3.8, 4) is 5.75 Å². The van der Waals surface area contributed by atoms with Crippen LogP contribution in [0.1, 0.15) is 23.6 Å². The zero-order valence-electron chi connectivity index (χ0n) is 16.6. The van der Waals surface area contributed by atoms with Crippen molar-refractivity contribution < 1.29 is 14.3 Å². The van der Waals surface area contributed by atoms with E-state index in [4.69, 9.17) is 4.74 Å². The van der Waals surface area contributed by atoms with Crippen molar-refractivity contribution >= 4 is 23.2 Å². The molecule has 0 aliphatic carbocycles. The zero-order valence-corrected chi connectivity index (χ0v) is 16.6. The summed E-state index contributed by atoms with van der Waals surface area (Å²) in [5.74, 6) is 0.185. The largest absolute Gasteiger partial charge is 0.483 e. The molecule has 3 rings (SSSR count). The van der Waals surface area contributed by atoms with Crippen LogP contribution in [0.3, 0.4) is 0 Å². The first-order valence-corrected chi connectivity index (χ1v) is 9.44. The first-order chi connectivity index (χ1) is 14.0. The number of nitrogens with one attached hydrogen (secondary N) is 2. The minimum Gasteiger partial charge on any atom is -0.483 e. The van der Waals surface area contributed by atoms with Gasteiger partial charge in [-0.05, 0) is 41.8 Å². The number of hydrogen-bond donors (Lipinski definition) is 2. The molecule has 5 heteroatoms. The van der Waals surface area contributed by atoms with Crippen molar-refractivity contribution in [1.82, 2.24) is 0 Å². The Morgan fingerprint density at radius 2 is 1.59 bits per heavy atom. The summed E-state index contributed by atoms with van der Waals surface area (Å²) in [7, 11) is 0. The van der Waals surface area contributed by atoms with E-state index in [0.717, 1.165) is 17.5 Å². The number of rotatable bonds is 7. The SMILES string of the molecule is CC(=O)Nc1ccc(C)cc1NC(=O)COc1ccccc1Cc1ccccc1. The van der Waals surface area contributed by atoms with Gasteiger partial charge in [0.05, 0.1) is 11.4 Å². The molecule has 0 fully saturated rings. The Bertz CT molecular complexity index is 1000. The molecule has 3 aromatic carbocycles. The van der Waals surface area contributed by atoms with Crippen molar-refractivity contribution in [3.63, 3.8) is 0 Å². The summed E-state index contributed by atoms with van der Waals surface area (Å²) in [4.78, 5) is 23.8. The molecule has 5 nitrogen and oxygen atoms in total. The number of ether oxygens (including phenoxy) is 1. The molecule has 0 heterocycles. The lowest BCUT2D eigenvalue weighted by Crippen LogP contribution is -2.21. The quantitative estimate of drug-likeness (QED) is 0.623. The third kappa shape index (κ3) is 5.94. The van der Waals surface area contributed by atoms with Crippen LogP contribution in [-0.4, -0.2) is 18.4 Å². The van der Waals surface area contributed by atoms with Crippen molar-refractivity contribution in [2.24, 2.45) is 0 Å². The summed E-state index contributed by atoms with van der Waals surface area (Å²) >= 11 is 0. The van der Waals surface area contributed by atoms with Crippen LogP contribution >= 0.6 is 0 Å². The maximum absolute atomic E-state index is 12.5. The van der Waals surface area contributed by atoms with Gasteiger partial charge in [0.2, 0.25) is 5.91 Å². The van der Waals surface area contributed by atoms with E-state index < -0.39 is 0 Å². The van der Waals surface area contributed by atoms with E-state index in [2.05, 4.69) is 22.8 Å². The highest BCUT2D eigenvalue weighted by atomic mass is 16.5. The van der Waals surface area contributed by atoms with Crippen LogP contribution in [0.5, 0.6) is 5.75 Å². The van der Waals surface area contributed by atoms with Gasteiger partial charge in [0.1, 0.15) is 5.75 Å². The molecule has 29 heavy (non-hydrogen) atoms. The summed E-state index contributed by atoms with van der Waals surface area (Å²) in [6.07, 6.45) is 0.725. The fourth-order valence-electron chi connectivity index (χ4n) is 3.00. The lowest BCUT2D eigenvalue weighted by Gasteiger charge is -2.14. The van der Waals surface area contributed by atoms with Gasteiger partial charge in [0, 0.05) is 13.3 Å². The van der Waals surface area contributed by atoms with Gasteiger partial charge in [-0.25, -0.2) is 0 Å². The Morgan fingerprint density at radius 1 is 0.862 bits per heavy atom. The average molecular weight is 388 g/mol. The van der Waals surface area contributed by atoms with Crippen LogP contribution in [-0.2, 0) is 16.0 Å². The molecule has 0 aliphatic rings. The minimum atomic E-state index is -0.295. The lowest BCUT2D eigenvalue weighted by molar-refractivity contribution is -0.118. The third-order valence-electron chi connectivity index (χ3n) is 4.33. The average Bonchev–Trinajstić information content (AvgIpc) is 2.70. The molecule has 0 bridgehead atoms. The normalized spacial score (nSPS) is 10.3. The Morgan fingerprint density at radius 3 is 2.34 bits per heavy atom. The van der Waals surface area contributed by atoms with E-state index in [0.29, 0.717) is 17.1 Å². The van der Waals surface area contributed by atoms with Crippen LogP contribution in [0, 0.1) is 6.92 Å². The summed E-state index contributed by atoms with van der Waals surface area (Å²) < 4.78 is 5.80. The monoisotopic (exact) mass is 388 g/mol. The van der Waals surface area contributed by atoms with Gasteiger partial charge >= 0.3 is 0 Å². The Hall–Kier alpha value is -3.60. The van der Waals surface area contributed by atoms with Gasteiger partial charge in [-0.1, -0.05) is 54.6 Å². The second kappa shape index (κ2) is 9.55. The van der Waals surface area contributed by atoms with Crippen LogP contribution < -0.4 is 15.4 Å². The van der Waals surface area contributed by atoms with Crippen LogP contribution in [0.15, 0.2) is 72.8 Å². The summed E-state index contributed by atoms with van der Waals surface area (Å²) in [5.41, 5.74) is 4.27. The fourth-order valence-corrected chi connectivity index (χ4v) is 3.00. The lowest BCUT2D eigenvalue weighted by atomic mass is 10.0. The Kier molecular flexibility index (Phi) is 6.63. The van der Waals surface area contributed by atoms with Crippen LogP contribution in [0.4, 0.5) is 11.4 Å². The number of hydrogen-bond acceptors (Lipinski definition) is 3. The van der Waals surface area contributed by atoms with E-state index in [-0.39, 0.29) is 18.4 Å². The van der Waals surface area contributed by atoms with Gasteiger partial charge in [-0.15, -0.1) is 0 Å². The van der Waals surface area contributed by atoms with Crippen molar-refractivity contribution in [1.29, 1.82) is 0 Å². The molecule has 0 saturated carbocycles. The van der Waals surface area contributed by atoms with E-state index >= 15 is 0 Å². The predicted octanol–water partition coefficient (Wildman–Crippen LogP) is 4.56. The van der Waals surface area contributed by atoms with E-state index in [9.17, 15) is 9.59 Å². The molecule has 0 spiro atoms. The Labute approximate surface area is 170 Å². The van der Waals surface area contributed by atoms with Gasteiger partial charge < -0.3 is 15.4 Å². The first kappa shape index (κ1) is 20.1. The highest BCUT2D eigenvalue weighted by Gasteiger charge is 2.11. The molecule has 0 saturated heterocycles. The maximum atomic E-state index is 12.5. The van der Waals surface area contributed by atoms with Crippen molar-refractivity contribution in [2.75, 3.05) is 17.2 Å². The molecule has 0 aromatic heterocycles. The highest BCUT2D eigenvalue weighted by Crippen LogP contribution is 2.24. The number of benzene rings is 3. The minimum absolute atomic E-state index is 0.126. The molecule has 0 unspecified atom stereocenters. The van der Waals surface area contributed by atoms with Gasteiger partial charge in [-0.3, -0.25) is 9.59 Å². The number of para-hydroxylation sites is 1. The Balaban J connectivity index is 1.66.